The summed E-state index contributed by atoms with van der Waals surface area (Å²) in [5.74, 6) is -0.460. The Morgan fingerprint density at radius 3 is 2.65 bits per heavy atom. The van der Waals surface area contributed by atoms with Crippen LogP contribution in [0.5, 0.6) is 0 Å². The number of aliphatic hydroxyl groups is 1. The number of unbranched alkanes of at least 4 members (excludes halogenated alkanes) is 1. The lowest BCUT2D eigenvalue weighted by Crippen LogP contribution is -2.56. The number of rotatable bonds is 11. The van der Waals surface area contributed by atoms with Gasteiger partial charge in [0.1, 0.15) is 6.04 Å². The van der Waals surface area contributed by atoms with Gasteiger partial charge in [-0.1, -0.05) is 50.2 Å². The molecule has 1 saturated heterocycles. The number of benzene rings is 1. The van der Waals surface area contributed by atoms with Gasteiger partial charge in [0.2, 0.25) is 11.8 Å². The second-order valence-electron chi connectivity index (χ2n) is 10.5. The number of β-amino-alcohol motifs (C(OH)–C–C–N with tert-alkyl or cyclic N) is 1. The number of carbonyl (C=O) groups is 2. The molecule has 0 spiro atoms. The summed E-state index contributed by atoms with van der Waals surface area (Å²) < 4.78 is 0. The third-order valence-corrected chi connectivity index (χ3v) is 7.48. The third-order valence-electron chi connectivity index (χ3n) is 6.50. The molecule has 3 N–H and O–H groups in total. The van der Waals surface area contributed by atoms with Crippen LogP contribution >= 0.6 is 11.3 Å². The fraction of sp³-hybridized carbons (Fsp3) is 0.577. The summed E-state index contributed by atoms with van der Waals surface area (Å²) in [6.45, 7) is 9.37. The van der Waals surface area contributed by atoms with E-state index in [4.69, 9.17) is 5.53 Å². The van der Waals surface area contributed by atoms with Crippen molar-refractivity contribution >= 4 is 23.2 Å². The molecule has 11 heteroatoms. The predicted octanol–water partition coefficient (Wildman–Crippen LogP) is 3.79. The molecule has 200 valence electrons. The highest BCUT2D eigenvalue weighted by atomic mass is 32.1. The predicted molar refractivity (Wildman–Crippen MR) is 145 cm³/mol. The van der Waals surface area contributed by atoms with Crippen LogP contribution in [-0.4, -0.2) is 64.6 Å². The van der Waals surface area contributed by atoms with Crippen molar-refractivity contribution in [1.29, 1.82) is 0 Å². The monoisotopic (exact) mass is 527 g/mol. The number of hydrogen-bond acceptors (Lipinski definition) is 7. The number of aryl methyl sites for hydroxylation is 1. The Hall–Kier alpha value is -2.98. The van der Waals surface area contributed by atoms with Gasteiger partial charge in [-0.3, -0.25) is 9.59 Å². The summed E-state index contributed by atoms with van der Waals surface area (Å²) in [6.07, 6.45) is 0.947. The normalized spacial score (nSPS) is 18.4. The molecule has 0 bridgehead atoms. The number of hydrogen-bond donors (Lipinski definition) is 3. The Bertz CT molecular complexity index is 1110. The summed E-state index contributed by atoms with van der Waals surface area (Å²) in [5, 5.41) is 20.1. The fourth-order valence-electron chi connectivity index (χ4n) is 4.49. The summed E-state index contributed by atoms with van der Waals surface area (Å²) in [5.41, 5.74) is 12.9. The number of amides is 2. The minimum atomic E-state index is -0.744. The van der Waals surface area contributed by atoms with Crippen LogP contribution in [0.1, 0.15) is 51.3 Å². The maximum absolute atomic E-state index is 13.6. The molecular weight excluding hydrogens is 490 g/mol. The SMILES string of the molecule is Cc1ncsc1-c1ccc(CNC(=O)C2CC(O)CN2C(=O)C(NCCCCN=[N+]=[N-])C(C)(C)C)cc1. The second kappa shape index (κ2) is 13.0. The van der Waals surface area contributed by atoms with Gasteiger partial charge in [-0.2, -0.15) is 0 Å². The zero-order valence-electron chi connectivity index (χ0n) is 22.0. The van der Waals surface area contributed by atoms with E-state index >= 15 is 0 Å². The third kappa shape index (κ3) is 7.75. The van der Waals surface area contributed by atoms with Crippen LogP contribution in [0.25, 0.3) is 20.9 Å². The Morgan fingerprint density at radius 2 is 2.03 bits per heavy atom. The van der Waals surface area contributed by atoms with E-state index in [1.54, 1.807) is 11.3 Å². The first-order valence-electron chi connectivity index (χ1n) is 12.6. The smallest absolute Gasteiger partial charge is 0.243 e. The van der Waals surface area contributed by atoms with Crippen molar-refractivity contribution in [2.24, 2.45) is 10.5 Å². The zero-order chi connectivity index (χ0) is 27.0. The minimum Gasteiger partial charge on any atom is -0.391 e. The number of carbonyl (C=O) groups excluding carboxylic acids is 2. The van der Waals surface area contributed by atoms with Gasteiger partial charge in [-0.15, -0.1) is 11.3 Å². The first-order valence-corrected chi connectivity index (χ1v) is 13.5. The van der Waals surface area contributed by atoms with Gasteiger partial charge in [0.25, 0.3) is 0 Å². The fourth-order valence-corrected chi connectivity index (χ4v) is 5.31. The molecule has 1 fully saturated rings. The van der Waals surface area contributed by atoms with Crippen molar-refractivity contribution in [1.82, 2.24) is 20.5 Å². The molecular formula is C26H37N7O3S. The number of aromatic nitrogens is 1. The zero-order valence-corrected chi connectivity index (χ0v) is 22.8. The molecule has 10 nitrogen and oxygen atoms in total. The molecule has 3 rings (SSSR count). The van der Waals surface area contributed by atoms with Crippen molar-refractivity contribution in [3.05, 3.63) is 51.5 Å². The van der Waals surface area contributed by atoms with E-state index in [0.717, 1.165) is 34.5 Å². The van der Waals surface area contributed by atoms with Crippen molar-refractivity contribution < 1.29 is 14.7 Å². The van der Waals surface area contributed by atoms with Crippen LogP contribution in [0.4, 0.5) is 0 Å². The molecule has 1 aromatic heterocycles. The lowest BCUT2D eigenvalue weighted by molar-refractivity contribution is -0.142. The number of likely N-dealkylation sites (tertiary alicyclic amines) is 1. The molecule has 1 aromatic carbocycles. The van der Waals surface area contributed by atoms with Crippen LogP contribution in [0.3, 0.4) is 0 Å². The quantitative estimate of drug-likeness (QED) is 0.176. The van der Waals surface area contributed by atoms with Crippen LogP contribution in [-0.2, 0) is 16.1 Å². The topological polar surface area (TPSA) is 143 Å². The Balaban J connectivity index is 1.61. The highest BCUT2D eigenvalue weighted by Gasteiger charge is 2.43. The molecule has 37 heavy (non-hydrogen) atoms. The maximum Gasteiger partial charge on any atom is 0.243 e. The van der Waals surface area contributed by atoms with Crippen molar-refractivity contribution in [2.75, 3.05) is 19.6 Å². The van der Waals surface area contributed by atoms with E-state index in [1.807, 2.05) is 57.5 Å². The van der Waals surface area contributed by atoms with Crippen LogP contribution in [0.15, 0.2) is 34.9 Å². The maximum atomic E-state index is 13.6. The summed E-state index contributed by atoms with van der Waals surface area (Å²) in [4.78, 5) is 36.4. The van der Waals surface area contributed by atoms with E-state index in [1.165, 1.54) is 4.90 Å². The van der Waals surface area contributed by atoms with E-state index < -0.39 is 23.6 Å². The summed E-state index contributed by atoms with van der Waals surface area (Å²) in [7, 11) is 0. The molecule has 0 saturated carbocycles. The van der Waals surface area contributed by atoms with E-state index in [2.05, 4.69) is 25.6 Å². The molecule has 3 atom stereocenters. The number of azide groups is 1. The summed E-state index contributed by atoms with van der Waals surface area (Å²) in [6, 6.07) is 6.74. The van der Waals surface area contributed by atoms with Crippen molar-refractivity contribution in [3.8, 4) is 10.4 Å². The largest absolute Gasteiger partial charge is 0.391 e. The molecule has 3 unspecified atom stereocenters. The number of nitrogens with zero attached hydrogens (tertiary/aromatic N) is 5. The molecule has 2 amide bonds. The lowest BCUT2D eigenvalue weighted by atomic mass is 9.85. The minimum absolute atomic E-state index is 0.130. The van der Waals surface area contributed by atoms with Crippen LogP contribution in [0, 0.1) is 12.3 Å². The van der Waals surface area contributed by atoms with Gasteiger partial charge in [-0.05, 0) is 48.4 Å². The van der Waals surface area contributed by atoms with Crippen molar-refractivity contribution in [3.63, 3.8) is 0 Å². The average molecular weight is 528 g/mol. The van der Waals surface area contributed by atoms with E-state index in [0.29, 0.717) is 19.6 Å². The van der Waals surface area contributed by atoms with Gasteiger partial charge in [0.05, 0.1) is 28.2 Å². The Morgan fingerprint density at radius 1 is 1.30 bits per heavy atom. The standard InChI is InChI=1S/C26H37N7O3S/c1-17-22(37-16-30-17)19-9-7-18(8-10-19)14-29-24(35)21-13-20(34)15-33(21)25(36)23(26(2,3)4)28-11-5-6-12-31-32-27/h7-10,16,20-21,23,28,34H,5-6,11-15H2,1-4H3,(H,29,35). The average Bonchev–Trinajstić information content (AvgIpc) is 3.46. The molecule has 1 aliphatic rings. The van der Waals surface area contributed by atoms with Crippen LogP contribution < -0.4 is 10.6 Å². The molecule has 2 aromatic rings. The molecule has 0 aliphatic carbocycles. The van der Waals surface area contributed by atoms with Gasteiger partial charge in [-0.25, -0.2) is 4.98 Å². The number of nitrogens with one attached hydrogen (secondary N) is 2. The van der Waals surface area contributed by atoms with Gasteiger partial charge >= 0.3 is 0 Å². The van der Waals surface area contributed by atoms with E-state index in [9.17, 15) is 14.7 Å². The number of aliphatic hydroxyl groups excluding tert-OH is 1. The molecule has 0 radical (unpaired) electrons. The van der Waals surface area contributed by atoms with Crippen LogP contribution in [0.2, 0.25) is 0 Å². The highest BCUT2D eigenvalue weighted by molar-refractivity contribution is 7.13. The molecule has 2 heterocycles. The lowest BCUT2D eigenvalue weighted by Gasteiger charge is -2.35. The Kier molecular flexibility index (Phi) is 10.0. The van der Waals surface area contributed by atoms with E-state index in [-0.39, 0.29) is 24.8 Å². The number of thiazole rings is 1. The first kappa shape index (κ1) is 28.6. The van der Waals surface area contributed by atoms with Gasteiger partial charge < -0.3 is 20.6 Å². The first-order chi connectivity index (χ1) is 17.6. The van der Waals surface area contributed by atoms with Crippen molar-refractivity contribution in [2.45, 2.75) is 71.7 Å². The second-order valence-corrected chi connectivity index (χ2v) is 11.3. The molecule has 1 aliphatic heterocycles. The van der Waals surface area contributed by atoms with Gasteiger partial charge in [0, 0.05) is 31.0 Å². The highest BCUT2D eigenvalue weighted by Crippen LogP contribution is 2.28. The Labute approximate surface area is 222 Å². The summed E-state index contributed by atoms with van der Waals surface area (Å²) >= 11 is 1.60. The van der Waals surface area contributed by atoms with Gasteiger partial charge in [0.15, 0.2) is 0 Å².